The Labute approximate surface area is 96.8 Å². The Bertz CT molecular complexity index is 311. The van der Waals surface area contributed by atoms with E-state index in [2.05, 4.69) is 4.72 Å². The standard InChI is InChI=1S/C9H20N2O4S/c1-4-7-8(9(12)13)10-16(14,15)11(5-2)6-3/h8,10H,4-7H2,1-3H3,(H,12,13). The van der Waals surface area contributed by atoms with E-state index in [1.165, 1.54) is 4.31 Å². The topological polar surface area (TPSA) is 86.7 Å². The second-order valence-corrected chi connectivity index (χ2v) is 5.09. The molecule has 7 heteroatoms. The molecule has 0 amide bonds. The van der Waals surface area contributed by atoms with Gasteiger partial charge in [0.2, 0.25) is 0 Å². The molecule has 0 aromatic heterocycles. The molecule has 0 heterocycles. The van der Waals surface area contributed by atoms with Crippen LogP contribution >= 0.6 is 0 Å². The van der Waals surface area contributed by atoms with Gasteiger partial charge in [-0.15, -0.1) is 0 Å². The summed E-state index contributed by atoms with van der Waals surface area (Å²) in [5, 5.41) is 8.85. The molecule has 0 spiro atoms. The molecule has 0 aromatic rings. The summed E-state index contributed by atoms with van der Waals surface area (Å²) < 4.78 is 26.9. The van der Waals surface area contributed by atoms with E-state index in [4.69, 9.17) is 5.11 Å². The molecule has 1 unspecified atom stereocenters. The van der Waals surface area contributed by atoms with Crippen molar-refractivity contribution >= 4 is 16.2 Å². The van der Waals surface area contributed by atoms with Crippen molar-refractivity contribution in [3.05, 3.63) is 0 Å². The Hall–Kier alpha value is -0.660. The molecule has 0 aliphatic heterocycles. The van der Waals surface area contributed by atoms with E-state index in [-0.39, 0.29) is 6.42 Å². The molecule has 0 bridgehead atoms. The first kappa shape index (κ1) is 15.3. The van der Waals surface area contributed by atoms with Crippen LogP contribution in [0.2, 0.25) is 0 Å². The molecular weight excluding hydrogens is 232 g/mol. The minimum Gasteiger partial charge on any atom is -0.480 e. The van der Waals surface area contributed by atoms with Gasteiger partial charge in [0.1, 0.15) is 6.04 Å². The van der Waals surface area contributed by atoms with E-state index in [1.54, 1.807) is 13.8 Å². The van der Waals surface area contributed by atoms with Crippen LogP contribution < -0.4 is 4.72 Å². The lowest BCUT2D eigenvalue weighted by molar-refractivity contribution is -0.139. The van der Waals surface area contributed by atoms with Crippen LogP contribution in [0.5, 0.6) is 0 Å². The maximum atomic E-state index is 11.7. The van der Waals surface area contributed by atoms with Crippen molar-refractivity contribution in [2.75, 3.05) is 13.1 Å². The highest BCUT2D eigenvalue weighted by Crippen LogP contribution is 2.03. The number of carboxylic acids is 1. The average Bonchev–Trinajstić information content (AvgIpc) is 2.18. The Morgan fingerprint density at radius 2 is 1.81 bits per heavy atom. The number of nitrogens with one attached hydrogen (secondary N) is 1. The van der Waals surface area contributed by atoms with Crippen LogP contribution in [0, 0.1) is 0 Å². The Kier molecular flexibility index (Phi) is 6.54. The lowest BCUT2D eigenvalue weighted by Crippen LogP contribution is -2.48. The van der Waals surface area contributed by atoms with Gasteiger partial charge < -0.3 is 5.11 Å². The molecule has 6 nitrogen and oxygen atoms in total. The van der Waals surface area contributed by atoms with Gasteiger partial charge in [0, 0.05) is 13.1 Å². The Morgan fingerprint density at radius 1 is 1.31 bits per heavy atom. The summed E-state index contributed by atoms with van der Waals surface area (Å²) in [6.07, 6.45) is 0.896. The normalized spacial score (nSPS) is 14.0. The highest BCUT2D eigenvalue weighted by molar-refractivity contribution is 7.87. The monoisotopic (exact) mass is 252 g/mol. The minimum atomic E-state index is -3.69. The summed E-state index contributed by atoms with van der Waals surface area (Å²) in [5.41, 5.74) is 0. The first-order valence-electron chi connectivity index (χ1n) is 5.39. The van der Waals surface area contributed by atoms with Crippen molar-refractivity contribution in [1.82, 2.24) is 9.03 Å². The van der Waals surface area contributed by atoms with Gasteiger partial charge in [0.25, 0.3) is 10.2 Å². The van der Waals surface area contributed by atoms with E-state index in [0.29, 0.717) is 19.5 Å². The largest absolute Gasteiger partial charge is 0.480 e. The van der Waals surface area contributed by atoms with Crippen molar-refractivity contribution in [2.24, 2.45) is 0 Å². The highest BCUT2D eigenvalue weighted by Gasteiger charge is 2.26. The summed E-state index contributed by atoms with van der Waals surface area (Å²) in [7, 11) is -3.69. The van der Waals surface area contributed by atoms with Crippen LogP contribution in [-0.4, -0.2) is 42.9 Å². The summed E-state index contributed by atoms with van der Waals surface area (Å²) in [5.74, 6) is -1.14. The SMILES string of the molecule is CCCC(NS(=O)(=O)N(CC)CC)C(=O)O. The molecule has 0 saturated heterocycles. The molecule has 0 aliphatic carbocycles. The predicted molar refractivity (Wildman–Crippen MR) is 61.3 cm³/mol. The molecule has 0 aliphatic rings. The quantitative estimate of drug-likeness (QED) is 0.655. The second-order valence-electron chi connectivity index (χ2n) is 3.39. The van der Waals surface area contributed by atoms with Gasteiger partial charge in [-0.25, -0.2) is 0 Å². The van der Waals surface area contributed by atoms with Gasteiger partial charge in [-0.2, -0.15) is 17.4 Å². The van der Waals surface area contributed by atoms with Gasteiger partial charge in [0.15, 0.2) is 0 Å². The van der Waals surface area contributed by atoms with Gasteiger partial charge in [0.05, 0.1) is 0 Å². The van der Waals surface area contributed by atoms with Crippen molar-refractivity contribution < 1.29 is 18.3 Å². The van der Waals surface area contributed by atoms with Gasteiger partial charge in [-0.1, -0.05) is 27.2 Å². The fourth-order valence-electron chi connectivity index (χ4n) is 1.34. The van der Waals surface area contributed by atoms with Crippen molar-refractivity contribution in [1.29, 1.82) is 0 Å². The number of hydrogen-bond acceptors (Lipinski definition) is 3. The van der Waals surface area contributed by atoms with Crippen LogP contribution in [0.1, 0.15) is 33.6 Å². The highest BCUT2D eigenvalue weighted by atomic mass is 32.2. The Balaban J connectivity index is 4.71. The first-order chi connectivity index (χ1) is 7.38. The summed E-state index contributed by atoms with van der Waals surface area (Å²) in [6.45, 7) is 5.87. The van der Waals surface area contributed by atoms with Crippen LogP contribution in [0.25, 0.3) is 0 Å². The van der Waals surface area contributed by atoms with Gasteiger partial charge in [-0.05, 0) is 6.42 Å². The smallest absolute Gasteiger partial charge is 0.321 e. The maximum Gasteiger partial charge on any atom is 0.321 e. The molecule has 16 heavy (non-hydrogen) atoms. The number of carboxylic acid groups (broad SMARTS) is 1. The van der Waals surface area contributed by atoms with Crippen LogP contribution in [0.4, 0.5) is 0 Å². The number of hydrogen-bond donors (Lipinski definition) is 2. The predicted octanol–water partition coefficient (Wildman–Crippen LogP) is 0.416. The summed E-state index contributed by atoms with van der Waals surface area (Å²) >= 11 is 0. The molecule has 0 rings (SSSR count). The third-order valence-electron chi connectivity index (χ3n) is 2.21. The number of nitrogens with zero attached hydrogens (tertiary/aromatic N) is 1. The molecule has 1 atom stereocenters. The van der Waals surface area contributed by atoms with Crippen LogP contribution in [-0.2, 0) is 15.0 Å². The zero-order chi connectivity index (χ0) is 12.8. The molecule has 0 radical (unpaired) electrons. The zero-order valence-electron chi connectivity index (χ0n) is 9.93. The van der Waals surface area contributed by atoms with E-state index in [1.807, 2.05) is 6.92 Å². The number of aliphatic carboxylic acids is 1. The van der Waals surface area contributed by atoms with Gasteiger partial charge >= 0.3 is 5.97 Å². The van der Waals surface area contributed by atoms with Crippen LogP contribution in [0.3, 0.4) is 0 Å². The summed E-state index contributed by atoms with van der Waals surface area (Å²) in [6, 6.07) is -1.05. The second kappa shape index (κ2) is 6.82. The zero-order valence-corrected chi connectivity index (χ0v) is 10.7. The minimum absolute atomic E-state index is 0.288. The van der Waals surface area contributed by atoms with Gasteiger partial charge in [-0.3, -0.25) is 4.79 Å². The van der Waals surface area contributed by atoms with Crippen LogP contribution in [0.15, 0.2) is 0 Å². The van der Waals surface area contributed by atoms with Crippen molar-refractivity contribution in [2.45, 2.75) is 39.7 Å². The maximum absolute atomic E-state index is 11.7. The molecule has 2 N–H and O–H groups in total. The van der Waals surface area contributed by atoms with Crippen molar-refractivity contribution in [3.63, 3.8) is 0 Å². The third-order valence-corrected chi connectivity index (χ3v) is 3.99. The average molecular weight is 252 g/mol. The third kappa shape index (κ3) is 4.46. The molecule has 96 valence electrons. The fourth-order valence-corrected chi connectivity index (χ4v) is 2.75. The van der Waals surface area contributed by atoms with E-state index in [9.17, 15) is 13.2 Å². The molecule has 0 fully saturated rings. The summed E-state index contributed by atoms with van der Waals surface area (Å²) in [4.78, 5) is 10.8. The number of carbonyl (C=O) groups is 1. The molecule has 0 aromatic carbocycles. The first-order valence-corrected chi connectivity index (χ1v) is 6.83. The van der Waals surface area contributed by atoms with E-state index in [0.717, 1.165) is 0 Å². The lowest BCUT2D eigenvalue weighted by Gasteiger charge is -2.21. The molecule has 0 saturated carbocycles. The Morgan fingerprint density at radius 3 is 2.12 bits per heavy atom. The van der Waals surface area contributed by atoms with Crippen molar-refractivity contribution in [3.8, 4) is 0 Å². The lowest BCUT2D eigenvalue weighted by atomic mass is 10.2. The van der Waals surface area contributed by atoms with E-state index >= 15 is 0 Å². The molecular formula is C9H20N2O4S. The fraction of sp³-hybridized carbons (Fsp3) is 0.889. The number of rotatable bonds is 8. The van der Waals surface area contributed by atoms with E-state index < -0.39 is 22.2 Å².